The molecule has 1 saturated carbocycles. The molecular formula is C29H33N3O3S. The SMILES string of the molecule is CC(=O)Nc1ccc(N(C(=O)Cc2cccs2)[C@@H](C(=O)NC2CCCCC2)c2ccc(C)cc2)cc1. The second-order valence-electron chi connectivity index (χ2n) is 9.40. The standard InChI is InChI=1S/C29H33N3O3S/c1-20-10-12-22(13-11-20)28(29(35)31-23-7-4-3-5-8-23)32(27(34)19-26-9-6-18-36-26)25-16-14-24(15-17-25)30-21(2)33/h6,9-18,23,28H,3-5,7-8,19H2,1-2H3,(H,30,33)(H,31,35)/t28-/m1/s1. The van der Waals surface area contributed by atoms with Gasteiger partial charge in [-0.2, -0.15) is 0 Å². The third-order valence-corrected chi connectivity index (χ3v) is 7.37. The Balaban J connectivity index is 1.73. The van der Waals surface area contributed by atoms with E-state index in [2.05, 4.69) is 10.6 Å². The van der Waals surface area contributed by atoms with Crippen LogP contribution in [0.3, 0.4) is 0 Å². The molecule has 1 aromatic heterocycles. The molecule has 188 valence electrons. The van der Waals surface area contributed by atoms with E-state index in [1.807, 2.05) is 48.7 Å². The summed E-state index contributed by atoms with van der Waals surface area (Å²) < 4.78 is 0. The second kappa shape index (κ2) is 12.0. The monoisotopic (exact) mass is 503 g/mol. The van der Waals surface area contributed by atoms with Crippen molar-refractivity contribution in [2.45, 2.75) is 64.5 Å². The van der Waals surface area contributed by atoms with E-state index in [9.17, 15) is 14.4 Å². The Labute approximate surface area is 216 Å². The highest BCUT2D eigenvalue weighted by Crippen LogP contribution is 2.31. The Hall–Kier alpha value is -3.45. The molecule has 1 aliphatic rings. The first kappa shape index (κ1) is 25.6. The van der Waals surface area contributed by atoms with Crippen LogP contribution in [-0.2, 0) is 20.8 Å². The molecule has 6 nitrogen and oxygen atoms in total. The number of hydrogen-bond acceptors (Lipinski definition) is 4. The van der Waals surface area contributed by atoms with Crippen LogP contribution in [0.4, 0.5) is 11.4 Å². The highest BCUT2D eigenvalue weighted by molar-refractivity contribution is 7.10. The van der Waals surface area contributed by atoms with Gasteiger partial charge in [0.05, 0.1) is 6.42 Å². The van der Waals surface area contributed by atoms with Crippen LogP contribution in [0.5, 0.6) is 0 Å². The third kappa shape index (κ3) is 6.61. The first-order valence-electron chi connectivity index (χ1n) is 12.5. The molecular weight excluding hydrogens is 470 g/mol. The van der Waals surface area contributed by atoms with Crippen molar-refractivity contribution in [3.05, 3.63) is 82.0 Å². The molecule has 7 heteroatoms. The van der Waals surface area contributed by atoms with Crippen LogP contribution in [0.15, 0.2) is 66.0 Å². The number of aryl methyl sites for hydroxylation is 1. The van der Waals surface area contributed by atoms with E-state index in [1.165, 1.54) is 24.7 Å². The summed E-state index contributed by atoms with van der Waals surface area (Å²) in [5, 5.41) is 7.95. The minimum Gasteiger partial charge on any atom is -0.351 e. The van der Waals surface area contributed by atoms with Crippen LogP contribution >= 0.6 is 11.3 Å². The van der Waals surface area contributed by atoms with E-state index >= 15 is 0 Å². The largest absolute Gasteiger partial charge is 0.351 e. The zero-order valence-electron chi connectivity index (χ0n) is 20.8. The topological polar surface area (TPSA) is 78.5 Å². The lowest BCUT2D eigenvalue weighted by atomic mass is 9.94. The molecule has 0 bridgehead atoms. The molecule has 1 fully saturated rings. The number of thiophene rings is 1. The van der Waals surface area contributed by atoms with Gasteiger partial charge in [-0.05, 0) is 61.0 Å². The smallest absolute Gasteiger partial charge is 0.248 e. The molecule has 0 spiro atoms. The molecule has 0 unspecified atom stereocenters. The van der Waals surface area contributed by atoms with Crippen molar-refractivity contribution in [3.8, 4) is 0 Å². The summed E-state index contributed by atoms with van der Waals surface area (Å²) in [6.07, 6.45) is 5.52. The lowest BCUT2D eigenvalue weighted by Crippen LogP contribution is -2.47. The molecule has 0 saturated heterocycles. The van der Waals surface area contributed by atoms with Crippen LogP contribution in [0.2, 0.25) is 0 Å². The van der Waals surface area contributed by atoms with E-state index in [0.29, 0.717) is 11.4 Å². The number of carbonyl (C=O) groups excluding carboxylic acids is 3. The first-order valence-corrected chi connectivity index (χ1v) is 13.4. The fourth-order valence-corrected chi connectivity index (χ4v) is 5.38. The Morgan fingerprint density at radius 2 is 1.67 bits per heavy atom. The van der Waals surface area contributed by atoms with Gasteiger partial charge in [-0.1, -0.05) is 55.2 Å². The number of nitrogens with one attached hydrogen (secondary N) is 2. The average molecular weight is 504 g/mol. The predicted molar refractivity (Wildman–Crippen MR) is 145 cm³/mol. The van der Waals surface area contributed by atoms with Crippen molar-refractivity contribution in [2.24, 2.45) is 0 Å². The van der Waals surface area contributed by atoms with Gasteiger partial charge < -0.3 is 10.6 Å². The molecule has 1 aliphatic carbocycles. The van der Waals surface area contributed by atoms with Crippen molar-refractivity contribution in [1.29, 1.82) is 0 Å². The second-order valence-corrected chi connectivity index (χ2v) is 10.4. The molecule has 2 aromatic carbocycles. The zero-order valence-corrected chi connectivity index (χ0v) is 21.6. The van der Waals surface area contributed by atoms with Crippen LogP contribution in [0.25, 0.3) is 0 Å². The van der Waals surface area contributed by atoms with Crippen molar-refractivity contribution in [3.63, 3.8) is 0 Å². The van der Waals surface area contributed by atoms with Gasteiger partial charge in [-0.15, -0.1) is 11.3 Å². The highest BCUT2D eigenvalue weighted by Gasteiger charge is 2.34. The number of anilines is 2. The van der Waals surface area contributed by atoms with Crippen molar-refractivity contribution < 1.29 is 14.4 Å². The van der Waals surface area contributed by atoms with E-state index < -0.39 is 6.04 Å². The summed E-state index contributed by atoms with van der Waals surface area (Å²) in [7, 11) is 0. The molecule has 2 N–H and O–H groups in total. The molecule has 1 heterocycles. The number of benzene rings is 2. The predicted octanol–water partition coefficient (Wildman–Crippen LogP) is 5.78. The van der Waals surface area contributed by atoms with Crippen LogP contribution in [0.1, 0.15) is 61.1 Å². The minimum atomic E-state index is -0.813. The van der Waals surface area contributed by atoms with Gasteiger partial charge in [0.2, 0.25) is 17.7 Å². The van der Waals surface area contributed by atoms with Crippen LogP contribution in [0, 0.1) is 6.92 Å². The van der Waals surface area contributed by atoms with E-state index in [0.717, 1.165) is 41.7 Å². The lowest BCUT2D eigenvalue weighted by molar-refractivity contribution is -0.127. The Morgan fingerprint density at radius 3 is 2.28 bits per heavy atom. The average Bonchev–Trinajstić information content (AvgIpc) is 3.37. The van der Waals surface area contributed by atoms with Crippen LogP contribution < -0.4 is 15.5 Å². The molecule has 4 rings (SSSR count). The number of amides is 3. The first-order chi connectivity index (χ1) is 17.4. The fraction of sp³-hybridized carbons (Fsp3) is 0.345. The summed E-state index contributed by atoms with van der Waals surface area (Å²) in [6, 6.07) is 18.0. The summed E-state index contributed by atoms with van der Waals surface area (Å²) in [4.78, 5) is 41.7. The van der Waals surface area contributed by atoms with Gasteiger partial charge in [0.15, 0.2) is 0 Å². The molecule has 36 heavy (non-hydrogen) atoms. The number of carbonyl (C=O) groups is 3. The Kier molecular flexibility index (Phi) is 8.54. The van der Waals surface area contributed by atoms with Gasteiger partial charge in [0.1, 0.15) is 6.04 Å². The van der Waals surface area contributed by atoms with Crippen molar-refractivity contribution in [1.82, 2.24) is 5.32 Å². The van der Waals surface area contributed by atoms with E-state index in [1.54, 1.807) is 29.2 Å². The lowest BCUT2D eigenvalue weighted by Gasteiger charge is -2.33. The quantitative estimate of drug-likeness (QED) is 0.409. The zero-order chi connectivity index (χ0) is 25.5. The van der Waals surface area contributed by atoms with Crippen molar-refractivity contribution in [2.75, 3.05) is 10.2 Å². The number of hydrogen-bond donors (Lipinski definition) is 2. The maximum atomic E-state index is 13.9. The number of rotatable bonds is 8. The Bertz CT molecular complexity index is 1170. The van der Waals surface area contributed by atoms with Crippen molar-refractivity contribution >= 4 is 40.4 Å². The maximum absolute atomic E-state index is 13.9. The van der Waals surface area contributed by atoms with Crippen LogP contribution in [-0.4, -0.2) is 23.8 Å². The summed E-state index contributed by atoms with van der Waals surface area (Å²) in [5.41, 5.74) is 3.09. The normalized spacial score (nSPS) is 14.6. The van der Waals surface area contributed by atoms with Gasteiger partial charge in [-0.3, -0.25) is 19.3 Å². The van der Waals surface area contributed by atoms with E-state index in [-0.39, 0.29) is 30.2 Å². The molecule has 3 amide bonds. The Morgan fingerprint density at radius 1 is 0.972 bits per heavy atom. The minimum absolute atomic E-state index is 0.121. The van der Waals surface area contributed by atoms with Gasteiger partial charge in [-0.25, -0.2) is 0 Å². The fourth-order valence-electron chi connectivity index (χ4n) is 4.69. The van der Waals surface area contributed by atoms with E-state index in [4.69, 9.17) is 0 Å². The molecule has 1 atom stereocenters. The summed E-state index contributed by atoms with van der Waals surface area (Å²) in [5.74, 6) is -0.497. The molecule has 3 aromatic rings. The molecule has 0 radical (unpaired) electrons. The third-order valence-electron chi connectivity index (χ3n) is 6.49. The van der Waals surface area contributed by atoms with Gasteiger partial charge >= 0.3 is 0 Å². The highest BCUT2D eigenvalue weighted by atomic mass is 32.1. The molecule has 0 aliphatic heterocycles. The van der Waals surface area contributed by atoms with Gasteiger partial charge in [0, 0.05) is 29.2 Å². The summed E-state index contributed by atoms with van der Waals surface area (Å²) >= 11 is 1.52. The number of nitrogens with zero attached hydrogens (tertiary/aromatic N) is 1. The summed E-state index contributed by atoms with van der Waals surface area (Å²) in [6.45, 7) is 3.45. The van der Waals surface area contributed by atoms with Gasteiger partial charge in [0.25, 0.3) is 0 Å². The maximum Gasteiger partial charge on any atom is 0.248 e.